The van der Waals surface area contributed by atoms with Gasteiger partial charge >= 0.3 is 0 Å². The molecule has 0 bridgehead atoms. The van der Waals surface area contributed by atoms with Crippen LogP contribution in [0.2, 0.25) is 0 Å². The molecule has 29 heavy (non-hydrogen) atoms. The maximum absolute atomic E-state index is 12.9. The van der Waals surface area contributed by atoms with Crippen LogP contribution in [-0.2, 0) is 9.59 Å². The first-order chi connectivity index (χ1) is 14.1. The number of Topliss-reactive ketones (excluding diaryl/α,β-unsaturated/α-hetero) is 1. The highest BCUT2D eigenvalue weighted by molar-refractivity contribution is 6.51. The van der Waals surface area contributed by atoms with Crippen LogP contribution in [0.4, 0.5) is 5.69 Å². The van der Waals surface area contributed by atoms with E-state index in [1.165, 1.54) is 11.1 Å². The molecular formula is C23H18N2O4. The van der Waals surface area contributed by atoms with Gasteiger partial charge < -0.3 is 9.84 Å². The molecule has 1 aliphatic heterocycles. The Morgan fingerprint density at radius 3 is 2.28 bits per heavy atom. The molecule has 144 valence electrons. The Bertz CT molecular complexity index is 1080. The predicted octanol–water partition coefficient (Wildman–Crippen LogP) is 3.72. The van der Waals surface area contributed by atoms with Crippen LogP contribution in [0.3, 0.4) is 0 Å². The van der Waals surface area contributed by atoms with E-state index in [9.17, 15) is 14.7 Å². The van der Waals surface area contributed by atoms with E-state index in [1.54, 1.807) is 73.8 Å². The number of rotatable bonds is 4. The second-order valence-electron chi connectivity index (χ2n) is 6.49. The zero-order valence-corrected chi connectivity index (χ0v) is 15.6. The lowest BCUT2D eigenvalue weighted by Gasteiger charge is -2.25. The van der Waals surface area contributed by atoms with E-state index in [1.807, 2.05) is 6.07 Å². The fourth-order valence-corrected chi connectivity index (χ4v) is 3.43. The number of aliphatic hydroxyl groups is 1. The molecule has 1 unspecified atom stereocenters. The molecule has 2 heterocycles. The number of anilines is 1. The molecule has 1 fully saturated rings. The molecule has 0 spiro atoms. The minimum atomic E-state index is -0.787. The summed E-state index contributed by atoms with van der Waals surface area (Å²) >= 11 is 0. The van der Waals surface area contributed by atoms with Crippen LogP contribution in [0.25, 0.3) is 5.76 Å². The van der Waals surface area contributed by atoms with Crippen LogP contribution in [-0.4, -0.2) is 28.9 Å². The normalized spacial score (nSPS) is 18.1. The molecule has 1 saturated heterocycles. The molecule has 3 aromatic rings. The molecular weight excluding hydrogens is 368 g/mol. The maximum Gasteiger partial charge on any atom is 0.300 e. The molecule has 0 saturated carbocycles. The number of carbonyl (C=O) groups excluding carboxylic acids is 2. The lowest BCUT2D eigenvalue weighted by atomic mass is 9.96. The van der Waals surface area contributed by atoms with E-state index in [0.717, 1.165) is 0 Å². The van der Waals surface area contributed by atoms with E-state index in [4.69, 9.17) is 4.74 Å². The zero-order chi connectivity index (χ0) is 20.4. The first-order valence-corrected chi connectivity index (χ1v) is 9.03. The largest absolute Gasteiger partial charge is 0.505 e. The van der Waals surface area contributed by atoms with Crippen LogP contribution < -0.4 is 9.64 Å². The molecule has 0 radical (unpaired) electrons. The zero-order valence-electron chi connectivity index (χ0n) is 15.6. The van der Waals surface area contributed by atoms with Gasteiger partial charge in [-0.15, -0.1) is 0 Å². The molecule has 6 nitrogen and oxygen atoms in total. The first kappa shape index (κ1) is 18.4. The van der Waals surface area contributed by atoms with Crippen molar-refractivity contribution in [3.05, 3.63) is 95.8 Å². The van der Waals surface area contributed by atoms with Gasteiger partial charge in [-0.2, -0.15) is 0 Å². The molecule has 4 rings (SSSR count). The standard InChI is InChI=1S/C23H18N2O4/c1-29-17-12-10-15(11-13-17)20-19(21(26)18-9-5-6-14-24-18)22(27)23(28)25(20)16-7-3-2-4-8-16/h2-14,20,26H,1H3. The van der Waals surface area contributed by atoms with Crippen LogP contribution in [0.1, 0.15) is 17.3 Å². The molecule has 6 heteroatoms. The summed E-state index contributed by atoms with van der Waals surface area (Å²) in [5.74, 6) is -1.11. The Hall–Kier alpha value is -3.93. The van der Waals surface area contributed by atoms with Crippen molar-refractivity contribution in [1.29, 1.82) is 0 Å². The molecule has 0 aliphatic carbocycles. The number of aliphatic hydroxyl groups excluding tert-OH is 1. The number of benzene rings is 2. The number of amides is 1. The molecule has 1 atom stereocenters. The smallest absolute Gasteiger partial charge is 0.300 e. The Labute approximate surface area is 167 Å². The van der Waals surface area contributed by atoms with Crippen LogP contribution in [0.15, 0.2) is 84.6 Å². The summed E-state index contributed by atoms with van der Waals surface area (Å²) < 4.78 is 5.21. The number of methoxy groups -OCH3 is 1. The van der Waals surface area contributed by atoms with Gasteiger partial charge in [-0.25, -0.2) is 0 Å². The second kappa shape index (κ2) is 7.59. The fraction of sp³-hybridized carbons (Fsp3) is 0.0870. The number of hydrogen-bond acceptors (Lipinski definition) is 5. The van der Waals surface area contributed by atoms with E-state index in [-0.39, 0.29) is 17.0 Å². The highest BCUT2D eigenvalue weighted by Gasteiger charge is 2.47. The van der Waals surface area contributed by atoms with Gasteiger partial charge in [0.05, 0.1) is 18.7 Å². The number of carbonyl (C=O) groups is 2. The van der Waals surface area contributed by atoms with Gasteiger partial charge in [-0.1, -0.05) is 36.4 Å². The molecule has 1 aromatic heterocycles. The Morgan fingerprint density at radius 2 is 1.66 bits per heavy atom. The second-order valence-corrected chi connectivity index (χ2v) is 6.49. The van der Waals surface area contributed by atoms with Gasteiger partial charge in [0.15, 0.2) is 5.76 Å². The number of hydrogen-bond donors (Lipinski definition) is 1. The first-order valence-electron chi connectivity index (χ1n) is 9.03. The summed E-state index contributed by atoms with van der Waals surface area (Å²) in [6, 6.07) is 20.2. The van der Waals surface area contributed by atoms with Gasteiger partial charge in [0.25, 0.3) is 11.7 Å². The highest BCUT2D eigenvalue weighted by Crippen LogP contribution is 2.42. The van der Waals surface area contributed by atoms with E-state index in [2.05, 4.69) is 4.98 Å². The van der Waals surface area contributed by atoms with Gasteiger partial charge in [0.1, 0.15) is 11.4 Å². The summed E-state index contributed by atoms with van der Waals surface area (Å²) in [5, 5.41) is 10.9. The van der Waals surface area contributed by atoms with Gasteiger partial charge in [0, 0.05) is 11.9 Å². The van der Waals surface area contributed by atoms with Crippen LogP contribution in [0.5, 0.6) is 5.75 Å². The van der Waals surface area contributed by atoms with Gasteiger partial charge in [0.2, 0.25) is 0 Å². The van der Waals surface area contributed by atoms with E-state index < -0.39 is 17.7 Å². The van der Waals surface area contributed by atoms with Gasteiger partial charge in [-0.05, 0) is 42.0 Å². The lowest BCUT2D eigenvalue weighted by Crippen LogP contribution is -2.29. The SMILES string of the molecule is COc1ccc(C2C(=C(O)c3ccccn3)C(=O)C(=O)N2c2ccccc2)cc1. The number of aromatic nitrogens is 1. The summed E-state index contributed by atoms with van der Waals surface area (Å²) in [6.45, 7) is 0. The molecule has 1 aliphatic rings. The minimum absolute atomic E-state index is 0.00252. The number of nitrogens with zero attached hydrogens (tertiary/aromatic N) is 2. The molecule has 2 aromatic carbocycles. The quantitative estimate of drug-likeness (QED) is 0.420. The summed E-state index contributed by atoms with van der Waals surface area (Å²) in [7, 11) is 1.56. The number of ether oxygens (including phenoxy) is 1. The third-order valence-electron chi connectivity index (χ3n) is 4.82. The van der Waals surface area contributed by atoms with Crippen LogP contribution >= 0.6 is 0 Å². The van der Waals surface area contributed by atoms with Gasteiger partial charge in [-0.3, -0.25) is 19.5 Å². The molecule has 1 amide bonds. The average molecular weight is 386 g/mol. The lowest BCUT2D eigenvalue weighted by molar-refractivity contribution is -0.132. The highest BCUT2D eigenvalue weighted by atomic mass is 16.5. The Morgan fingerprint density at radius 1 is 0.966 bits per heavy atom. The predicted molar refractivity (Wildman–Crippen MR) is 108 cm³/mol. The fourth-order valence-electron chi connectivity index (χ4n) is 3.43. The number of pyridine rings is 1. The van der Waals surface area contributed by atoms with Crippen molar-refractivity contribution in [2.75, 3.05) is 12.0 Å². The van der Waals surface area contributed by atoms with Crippen molar-refractivity contribution >= 4 is 23.1 Å². The van der Waals surface area contributed by atoms with Crippen molar-refractivity contribution in [1.82, 2.24) is 4.98 Å². The van der Waals surface area contributed by atoms with Crippen molar-refractivity contribution < 1.29 is 19.4 Å². The third kappa shape index (κ3) is 3.25. The number of para-hydroxylation sites is 1. The summed E-state index contributed by atoms with van der Waals surface area (Å²) in [5.41, 5.74) is 1.47. The monoisotopic (exact) mass is 386 g/mol. The third-order valence-corrected chi connectivity index (χ3v) is 4.82. The topological polar surface area (TPSA) is 79.7 Å². The van der Waals surface area contributed by atoms with Crippen molar-refractivity contribution in [3.8, 4) is 5.75 Å². The molecule has 1 N–H and O–H groups in total. The Balaban J connectivity index is 1.93. The maximum atomic E-state index is 12.9. The van der Waals surface area contributed by atoms with E-state index in [0.29, 0.717) is 17.0 Å². The minimum Gasteiger partial charge on any atom is -0.505 e. The van der Waals surface area contributed by atoms with Crippen LogP contribution in [0, 0.1) is 0 Å². The van der Waals surface area contributed by atoms with E-state index >= 15 is 0 Å². The van der Waals surface area contributed by atoms with Crippen molar-refractivity contribution in [3.63, 3.8) is 0 Å². The van der Waals surface area contributed by atoms with Crippen molar-refractivity contribution in [2.24, 2.45) is 0 Å². The number of ketones is 1. The average Bonchev–Trinajstić information content (AvgIpc) is 3.05. The summed E-state index contributed by atoms with van der Waals surface area (Å²) in [4.78, 5) is 31.4. The van der Waals surface area contributed by atoms with Crippen molar-refractivity contribution in [2.45, 2.75) is 6.04 Å². The summed E-state index contributed by atoms with van der Waals surface area (Å²) in [6.07, 6.45) is 1.52. The Kier molecular flexibility index (Phi) is 4.83.